The predicted molar refractivity (Wildman–Crippen MR) is 75.1 cm³/mol. The van der Waals surface area contributed by atoms with Crippen molar-refractivity contribution in [3.8, 4) is 6.07 Å². The highest BCUT2D eigenvalue weighted by Gasteiger charge is 2.56. The Morgan fingerprint density at radius 1 is 1.42 bits per heavy atom. The Balaban J connectivity index is 1.82. The number of rotatable bonds is 2. The first kappa shape index (κ1) is 13.2. The van der Waals surface area contributed by atoms with Gasteiger partial charge in [-0.05, 0) is 62.7 Å². The maximum absolute atomic E-state index is 10.9. The first-order chi connectivity index (χ1) is 9.05. The molecule has 0 aliphatic heterocycles. The first-order valence-corrected chi connectivity index (χ1v) is 7.81. The van der Waals surface area contributed by atoms with Crippen LogP contribution in [0.5, 0.6) is 0 Å². The van der Waals surface area contributed by atoms with Crippen molar-refractivity contribution in [1.29, 1.82) is 5.26 Å². The first-order valence-electron chi connectivity index (χ1n) is 7.81. The fourth-order valence-corrected chi connectivity index (χ4v) is 5.20. The summed E-state index contributed by atoms with van der Waals surface area (Å²) in [6.07, 6.45) is 8.49. The van der Waals surface area contributed by atoms with E-state index in [1.54, 1.807) is 0 Å². The molecule has 3 aliphatic rings. The Bertz CT molecular complexity index is 435. The van der Waals surface area contributed by atoms with Gasteiger partial charge in [0.25, 0.3) is 0 Å². The van der Waals surface area contributed by atoms with E-state index in [0.717, 1.165) is 25.7 Å². The fourth-order valence-electron chi connectivity index (χ4n) is 5.20. The van der Waals surface area contributed by atoms with Crippen LogP contribution in [-0.4, -0.2) is 11.2 Å². The number of allylic oxidation sites excluding steroid dienone is 2. The van der Waals surface area contributed by atoms with Gasteiger partial charge in [-0.3, -0.25) is 0 Å². The molecule has 3 rings (SSSR count). The van der Waals surface area contributed by atoms with E-state index in [1.165, 1.54) is 18.4 Å². The molecular weight excluding hydrogens is 234 g/mol. The molecule has 0 amide bonds. The molecule has 0 heterocycles. The van der Waals surface area contributed by atoms with Gasteiger partial charge in [0.05, 0.1) is 17.6 Å². The van der Waals surface area contributed by atoms with Crippen molar-refractivity contribution < 1.29 is 5.11 Å². The molecule has 6 atom stereocenters. The second kappa shape index (κ2) is 4.63. The highest BCUT2D eigenvalue weighted by molar-refractivity contribution is 5.18. The van der Waals surface area contributed by atoms with Gasteiger partial charge in [0.15, 0.2) is 0 Å². The summed E-state index contributed by atoms with van der Waals surface area (Å²) in [6.45, 7) is 4.39. The van der Waals surface area contributed by atoms with Crippen LogP contribution in [-0.2, 0) is 0 Å². The van der Waals surface area contributed by atoms with Crippen LogP contribution in [0.15, 0.2) is 11.6 Å². The maximum atomic E-state index is 10.9. The van der Waals surface area contributed by atoms with Gasteiger partial charge in [-0.2, -0.15) is 5.26 Å². The van der Waals surface area contributed by atoms with Crippen LogP contribution in [0.1, 0.15) is 52.4 Å². The van der Waals surface area contributed by atoms with Crippen molar-refractivity contribution >= 4 is 0 Å². The van der Waals surface area contributed by atoms with E-state index in [1.807, 2.05) is 0 Å². The number of hydrogen-bond donors (Lipinski definition) is 1. The van der Waals surface area contributed by atoms with Crippen molar-refractivity contribution in [2.24, 2.45) is 29.1 Å². The van der Waals surface area contributed by atoms with Crippen LogP contribution in [0, 0.1) is 40.4 Å². The quantitative estimate of drug-likeness (QED) is 0.769. The van der Waals surface area contributed by atoms with Crippen molar-refractivity contribution in [3.63, 3.8) is 0 Å². The molecule has 3 aliphatic carbocycles. The summed E-state index contributed by atoms with van der Waals surface area (Å²) in [4.78, 5) is 0. The Kier molecular flexibility index (Phi) is 3.21. The third kappa shape index (κ3) is 2.03. The molecule has 2 saturated carbocycles. The normalized spacial score (nSPS) is 46.7. The lowest BCUT2D eigenvalue weighted by Crippen LogP contribution is -2.44. The van der Waals surface area contributed by atoms with Crippen molar-refractivity contribution in [2.45, 2.75) is 58.5 Å². The molecule has 1 N–H and O–H groups in total. The molecule has 0 aromatic heterocycles. The van der Waals surface area contributed by atoms with E-state index in [4.69, 9.17) is 0 Å². The second-order valence-electron chi connectivity index (χ2n) is 7.37. The van der Waals surface area contributed by atoms with E-state index in [2.05, 4.69) is 26.0 Å². The van der Waals surface area contributed by atoms with Crippen molar-refractivity contribution in [2.75, 3.05) is 0 Å². The van der Waals surface area contributed by atoms with Gasteiger partial charge in [-0.25, -0.2) is 0 Å². The van der Waals surface area contributed by atoms with E-state index in [0.29, 0.717) is 23.7 Å². The summed E-state index contributed by atoms with van der Waals surface area (Å²) < 4.78 is 0. The Labute approximate surface area is 116 Å². The van der Waals surface area contributed by atoms with Gasteiger partial charge in [0.2, 0.25) is 0 Å². The largest absolute Gasteiger partial charge is 0.391 e. The number of nitriles is 1. The molecule has 6 unspecified atom stereocenters. The smallest absolute Gasteiger partial charge is 0.0865 e. The number of fused-ring (bicyclic) bond motifs is 2. The van der Waals surface area contributed by atoms with E-state index >= 15 is 0 Å². The van der Waals surface area contributed by atoms with Gasteiger partial charge in [0.1, 0.15) is 0 Å². The molecule has 0 saturated heterocycles. The zero-order chi connectivity index (χ0) is 13.6. The number of nitrogens with zero attached hydrogens (tertiary/aromatic N) is 1. The molecule has 2 heteroatoms. The average molecular weight is 259 g/mol. The minimum Gasteiger partial charge on any atom is -0.391 e. The lowest BCUT2D eigenvalue weighted by Gasteiger charge is -2.41. The van der Waals surface area contributed by atoms with Crippen LogP contribution < -0.4 is 0 Å². The monoisotopic (exact) mass is 259 g/mol. The molecule has 2 nitrogen and oxygen atoms in total. The molecule has 2 bridgehead atoms. The molecule has 2 fully saturated rings. The lowest BCUT2D eigenvalue weighted by atomic mass is 9.64. The molecule has 104 valence electrons. The van der Waals surface area contributed by atoms with Gasteiger partial charge in [0, 0.05) is 0 Å². The molecule has 0 spiro atoms. The minimum absolute atomic E-state index is 0.291. The average Bonchev–Trinajstić information content (AvgIpc) is 2.97. The summed E-state index contributed by atoms with van der Waals surface area (Å²) in [6, 6.07) is 2.57. The molecule has 0 aromatic rings. The molecule has 19 heavy (non-hydrogen) atoms. The van der Waals surface area contributed by atoms with Gasteiger partial charge >= 0.3 is 0 Å². The van der Waals surface area contributed by atoms with Gasteiger partial charge in [-0.15, -0.1) is 0 Å². The topological polar surface area (TPSA) is 44.0 Å². The predicted octanol–water partition coefficient (Wildman–Crippen LogP) is 3.67. The zero-order valence-corrected chi connectivity index (χ0v) is 12.1. The summed E-state index contributed by atoms with van der Waals surface area (Å²) in [5.41, 5.74) is 0.962. The molecular formula is C17H25NO. The van der Waals surface area contributed by atoms with E-state index < -0.39 is 11.5 Å². The number of hydrogen-bond acceptors (Lipinski definition) is 2. The Hall–Kier alpha value is -0.810. The van der Waals surface area contributed by atoms with Crippen molar-refractivity contribution in [1.82, 2.24) is 0 Å². The molecule has 0 aromatic carbocycles. The standard InChI is InChI=1S/C17H25NO/c1-11-5-12(2)7-14(6-11)16(19)17(10-18)9-13-3-4-15(17)8-13/h5,11,13-16,19H,3-4,6-9H2,1-2H3. The van der Waals surface area contributed by atoms with Crippen LogP contribution in [0.2, 0.25) is 0 Å². The van der Waals surface area contributed by atoms with Gasteiger partial charge in [-0.1, -0.05) is 25.0 Å². The van der Waals surface area contributed by atoms with E-state index in [9.17, 15) is 10.4 Å². The van der Waals surface area contributed by atoms with Crippen molar-refractivity contribution in [3.05, 3.63) is 11.6 Å². The summed E-state index contributed by atoms with van der Waals surface area (Å²) in [5.74, 6) is 2.00. The second-order valence-corrected chi connectivity index (χ2v) is 7.37. The summed E-state index contributed by atoms with van der Waals surface area (Å²) >= 11 is 0. The maximum Gasteiger partial charge on any atom is 0.0865 e. The highest BCUT2D eigenvalue weighted by atomic mass is 16.3. The van der Waals surface area contributed by atoms with Crippen LogP contribution in [0.4, 0.5) is 0 Å². The van der Waals surface area contributed by atoms with Crippen LogP contribution >= 0.6 is 0 Å². The minimum atomic E-state index is -0.426. The molecule has 0 radical (unpaired) electrons. The zero-order valence-electron chi connectivity index (χ0n) is 12.1. The third-order valence-corrected chi connectivity index (χ3v) is 5.91. The highest BCUT2D eigenvalue weighted by Crippen LogP contribution is 2.59. The van der Waals surface area contributed by atoms with Crippen LogP contribution in [0.3, 0.4) is 0 Å². The number of aliphatic hydroxyl groups is 1. The Morgan fingerprint density at radius 3 is 2.74 bits per heavy atom. The number of aliphatic hydroxyl groups excluding tert-OH is 1. The lowest BCUT2D eigenvalue weighted by molar-refractivity contribution is -0.0247. The summed E-state index contributed by atoms with van der Waals surface area (Å²) in [5, 5.41) is 20.7. The third-order valence-electron chi connectivity index (χ3n) is 5.91. The fraction of sp³-hybridized carbons (Fsp3) is 0.824. The van der Waals surface area contributed by atoms with Gasteiger partial charge < -0.3 is 5.11 Å². The van der Waals surface area contributed by atoms with E-state index in [-0.39, 0.29) is 0 Å². The summed E-state index contributed by atoms with van der Waals surface area (Å²) in [7, 11) is 0. The van der Waals surface area contributed by atoms with Crippen LogP contribution in [0.25, 0.3) is 0 Å². The Morgan fingerprint density at radius 2 is 2.21 bits per heavy atom. The SMILES string of the molecule is CC1=CC(C)CC(C(O)C2(C#N)CC3CCC2C3)C1.